The van der Waals surface area contributed by atoms with E-state index >= 15 is 0 Å². The molecule has 1 amide bonds. The first-order chi connectivity index (χ1) is 15.3. The molecule has 0 saturated heterocycles. The third-order valence-electron chi connectivity index (χ3n) is 4.35. The van der Waals surface area contributed by atoms with Gasteiger partial charge >= 0.3 is 0 Å². The van der Waals surface area contributed by atoms with Gasteiger partial charge in [-0.2, -0.15) is 0 Å². The highest BCUT2D eigenvalue weighted by atomic mass is 32.2. The van der Waals surface area contributed by atoms with Crippen molar-refractivity contribution in [1.29, 1.82) is 0 Å². The first-order valence-electron chi connectivity index (χ1n) is 9.92. The highest BCUT2D eigenvalue weighted by Crippen LogP contribution is 2.27. The zero-order valence-electron chi connectivity index (χ0n) is 18.0. The van der Waals surface area contributed by atoms with Gasteiger partial charge < -0.3 is 10.1 Å². The van der Waals surface area contributed by atoms with Gasteiger partial charge in [-0.15, -0.1) is 11.8 Å². The van der Waals surface area contributed by atoms with E-state index in [0.717, 1.165) is 16.2 Å². The van der Waals surface area contributed by atoms with Crippen LogP contribution in [0.4, 0.5) is 5.69 Å². The van der Waals surface area contributed by atoms with Gasteiger partial charge in [-0.3, -0.25) is 9.78 Å². The quantitative estimate of drug-likeness (QED) is 0.451. The predicted molar refractivity (Wildman–Crippen MR) is 127 cm³/mol. The number of amides is 1. The van der Waals surface area contributed by atoms with Gasteiger partial charge in [0.25, 0.3) is 5.91 Å². The molecule has 2 N–H and O–H groups in total. The number of aromatic nitrogens is 1. The number of sulfonamides is 1. The summed E-state index contributed by atoms with van der Waals surface area (Å²) < 4.78 is 32.9. The number of carbonyl (C=O) groups is 1. The maximum absolute atomic E-state index is 12.7. The minimum absolute atomic E-state index is 0.0801. The Balaban J connectivity index is 1.70. The Morgan fingerprint density at radius 3 is 2.50 bits per heavy atom. The second kappa shape index (κ2) is 10.6. The highest BCUT2D eigenvalue weighted by molar-refractivity contribution is 7.98. The van der Waals surface area contributed by atoms with Crippen molar-refractivity contribution in [2.24, 2.45) is 0 Å². The lowest BCUT2D eigenvalue weighted by atomic mass is 10.2. The lowest BCUT2D eigenvalue weighted by Gasteiger charge is -2.14. The summed E-state index contributed by atoms with van der Waals surface area (Å²) in [5, 5.41) is 2.80. The summed E-state index contributed by atoms with van der Waals surface area (Å²) in [6, 6.07) is 15.4. The van der Waals surface area contributed by atoms with Crippen LogP contribution < -0.4 is 14.8 Å². The average Bonchev–Trinajstić information content (AvgIpc) is 2.78. The number of hydrogen-bond acceptors (Lipinski definition) is 6. The van der Waals surface area contributed by atoms with E-state index in [9.17, 15) is 13.2 Å². The van der Waals surface area contributed by atoms with Crippen molar-refractivity contribution in [3.63, 3.8) is 0 Å². The molecule has 0 aliphatic carbocycles. The second-order valence-electron chi connectivity index (χ2n) is 7.27. The number of ether oxygens (including phenoxy) is 1. The molecule has 0 saturated carbocycles. The molecular weight excluding hydrogens is 446 g/mol. The first-order valence-corrected chi connectivity index (χ1v) is 12.4. The summed E-state index contributed by atoms with van der Waals surface area (Å²) in [6.45, 7) is 3.44. The Morgan fingerprint density at radius 2 is 1.88 bits per heavy atom. The number of nitrogens with one attached hydrogen (secondary N) is 2. The monoisotopic (exact) mass is 471 g/mol. The lowest BCUT2D eigenvalue weighted by Crippen LogP contribution is -2.30. The number of hydrogen-bond donors (Lipinski definition) is 2. The number of carbonyl (C=O) groups excluding carboxylic acids is 1. The first kappa shape index (κ1) is 23.8. The fourth-order valence-corrected chi connectivity index (χ4v) is 5.17. The van der Waals surface area contributed by atoms with Gasteiger partial charge in [-0.25, -0.2) is 13.1 Å². The molecule has 1 heterocycles. The number of thioether (sulfide) groups is 1. The smallest absolute Gasteiger partial charge is 0.255 e. The van der Waals surface area contributed by atoms with Crippen LogP contribution in [0.5, 0.6) is 5.75 Å². The molecule has 1 aromatic heterocycles. The van der Waals surface area contributed by atoms with E-state index in [1.54, 1.807) is 31.8 Å². The standard InChI is InChI=1S/C23H25N3O4S2/c1-16(2)26-32(28,29)22-13-18(6-11-21(22)30-3)23(27)25-19-7-9-20(10-8-19)31-15-17-5-4-12-24-14-17/h4-14,16,26H,15H2,1-3H3,(H,25,27). The van der Waals surface area contributed by atoms with Gasteiger partial charge in [-0.1, -0.05) is 6.07 Å². The maximum Gasteiger partial charge on any atom is 0.255 e. The van der Waals surface area contributed by atoms with Crippen LogP contribution in [0, 0.1) is 0 Å². The van der Waals surface area contributed by atoms with Crippen molar-refractivity contribution in [2.75, 3.05) is 12.4 Å². The normalized spacial score (nSPS) is 11.4. The molecule has 32 heavy (non-hydrogen) atoms. The zero-order valence-corrected chi connectivity index (χ0v) is 19.7. The number of anilines is 1. The van der Waals surface area contributed by atoms with E-state index in [1.165, 1.54) is 25.3 Å². The maximum atomic E-state index is 12.7. The van der Waals surface area contributed by atoms with Gasteiger partial charge in [0.15, 0.2) is 0 Å². The molecule has 168 valence electrons. The van der Waals surface area contributed by atoms with Crippen LogP contribution in [0.25, 0.3) is 0 Å². The lowest BCUT2D eigenvalue weighted by molar-refractivity contribution is 0.102. The molecule has 2 aromatic carbocycles. The largest absolute Gasteiger partial charge is 0.495 e. The Kier molecular flexibility index (Phi) is 7.89. The van der Waals surface area contributed by atoms with E-state index in [4.69, 9.17) is 4.74 Å². The van der Waals surface area contributed by atoms with Crippen molar-refractivity contribution in [2.45, 2.75) is 35.4 Å². The topological polar surface area (TPSA) is 97.4 Å². The van der Waals surface area contributed by atoms with Crippen LogP contribution in [0.3, 0.4) is 0 Å². The van der Waals surface area contributed by atoms with Crippen LogP contribution >= 0.6 is 11.8 Å². The fourth-order valence-electron chi connectivity index (χ4n) is 2.89. The number of benzene rings is 2. The molecule has 0 bridgehead atoms. The average molecular weight is 472 g/mol. The molecule has 0 atom stereocenters. The number of rotatable bonds is 9. The predicted octanol–water partition coefficient (Wildman–Crippen LogP) is 4.32. The van der Waals surface area contributed by atoms with Crippen molar-refractivity contribution in [3.8, 4) is 5.75 Å². The van der Waals surface area contributed by atoms with Crippen molar-refractivity contribution in [3.05, 3.63) is 78.1 Å². The minimum Gasteiger partial charge on any atom is -0.495 e. The molecule has 9 heteroatoms. The second-order valence-corrected chi connectivity index (χ2v) is 10.0. The van der Waals surface area contributed by atoms with E-state index in [-0.39, 0.29) is 22.3 Å². The van der Waals surface area contributed by atoms with Gasteiger partial charge in [0.05, 0.1) is 7.11 Å². The van der Waals surface area contributed by atoms with Crippen LogP contribution in [-0.4, -0.2) is 32.5 Å². The molecule has 0 radical (unpaired) electrons. The Hall–Kier alpha value is -2.88. The van der Waals surface area contributed by atoms with Gasteiger partial charge in [0.2, 0.25) is 10.0 Å². The van der Waals surface area contributed by atoms with Gasteiger partial charge in [-0.05, 0) is 67.9 Å². The summed E-state index contributed by atoms with van der Waals surface area (Å²) in [5.41, 5.74) is 1.96. The van der Waals surface area contributed by atoms with Crippen LogP contribution in [0.15, 0.2) is 76.8 Å². The Morgan fingerprint density at radius 1 is 1.12 bits per heavy atom. The Bertz CT molecular complexity index is 1170. The Labute approximate surface area is 192 Å². The third kappa shape index (κ3) is 6.32. The van der Waals surface area contributed by atoms with E-state index in [2.05, 4.69) is 15.0 Å². The van der Waals surface area contributed by atoms with Crippen LogP contribution in [-0.2, 0) is 15.8 Å². The number of pyridine rings is 1. The molecule has 0 spiro atoms. The van der Waals surface area contributed by atoms with Gasteiger partial charge in [0.1, 0.15) is 10.6 Å². The summed E-state index contributed by atoms with van der Waals surface area (Å²) in [4.78, 5) is 17.8. The summed E-state index contributed by atoms with van der Waals surface area (Å²) in [5.74, 6) is 0.557. The molecule has 7 nitrogen and oxygen atoms in total. The van der Waals surface area contributed by atoms with Crippen LogP contribution in [0.1, 0.15) is 29.8 Å². The molecule has 0 aliphatic heterocycles. The van der Waals surface area contributed by atoms with Crippen molar-refractivity contribution < 1.29 is 17.9 Å². The fraction of sp³-hybridized carbons (Fsp3) is 0.217. The third-order valence-corrected chi connectivity index (χ3v) is 7.11. The molecule has 0 aliphatic rings. The number of methoxy groups -OCH3 is 1. The van der Waals surface area contributed by atoms with Crippen molar-refractivity contribution >= 4 is 33.4 Å². The van der Waals surface area contributed by atoms with Crippen LogP contribution in [0.2, 0.25) is 0 Å². The zero-order chi connectivity index (χ0) is 23.1. The molecular formula is C23H25N3O4S2. The molecule has 3 aromatic rings. The van der Waals surface area contributed by atoms with Crippen molar-refractivity contribution in [1.82, 2.24) is 9.71 Å². The van der Waals surface area contributed by atoms with E-state index in [0.29, 0.717) is 5.69 Å². The van der Waals surface area contributed by atoms with E-state index < -0.39 is 15.9 Å². The highest BCUT2D eigenvalue weighted by Gasteiger charge is 2.22. The summed E-state index contributed by atoms with van der Waals surface area (Å²) in [6.07, 6.45) is 3.58. The van der Waals surface area contributed by atoms with E-state index in [1.807, 2.05) is 42.6 Å². The van der Waals surface area contributed by atoms with Gasteiger partial charge in [0, 0.05) is 40.3 Å². The SMILES string of the molecule is COc1ccc(C(=O)Nc2ccc(SCc3cccnc3)cc2)cc1S(=O)(=O)NC(C)C. The summed E-state index contributed by atoms with van der Waals surface area (Å²) >= 11 is 1.67. The molecule has 0 unspecified atom stereocenters. The molecule has 3 rings (SSSR count). The molecule has 0 fully saturated rings. The minimum atomic E-state index is -3.83. The number of nitrogens with zero attached hydrogens (tertiary/aromatic N) is 1. The summed E-state index contributed by atoms with van der Waals surface area (Å²) in [7, 11) is -2.44.